The number of hydrogen-bond acceptors (Lipinski definition) is 9. The summed E-state index contributed by atoms with van der Waals surface area (Å²) in [6, 6.07) is 0. The van der Waals surface area contributed by atoms with Crippen LogP contribution in [0.25, 0.3) is 23.3 Å². The van der Waals surface area contributed by atoms with Gasteiger partial charge in [-0.25, -0.2) is 9.61 Å². The maximum Gasteiger partial charge on any atom is 0.287 e. The first kappa shape index (κ1) is 8.59. The van der Waals surface area contributed by atoms with Gasteiger partial charge in [0.15, 0.2) is 5.69 Å². The summed E-state index contributed by atoms with van der Waals surface area (Å²) in [5, 5.41) is 21.9. The second-order valence-electron chi connectivity index (χ2n) is 2.67. The lowest BCUT2D eigenvalue weighted by atomic mass is 10.5. The first-order chi connectivity index (χ1) is 7.93. The summed E-state index contributed by atoms with van der Waals surface area (Å²) in [5.41, 5.74) is 0.350. The van der Waals surface area contributed by atoms with Gasteiger partial charge in [0.05, 0.1) is 6.20 Å². The van der Waals surface area contributed by atoms with Gasteiger partial charge in [-0.2, -0.15) is 5.10 Å². The molecule has 0 saturated heterocycles. The van der Waals surface area contributed by atoms with E-state index in [9.17, 15) is 0 Å². The maximum absolute atomic E-state index is 5.26. The second kappa shape index (κ2) is 3.46. The Morgan fingerprint density at radius 3 is 2.69 bits per heavy atom. The summed E-state index contributed by atoms with van der Waals surface area (Å²) in [6.45, 7) is 0. The van der Waals surface area contributed by atoms with Crippen LogP contribution in [0.1, 0.15) is 0 Å². The van der Waals surface area contributed by atoms with Crippen molar-refractivity contribution < 1.29 is 9.05 Å². The molecule has 9 heteroatoms. The summed E-state index contributed by atoms with van der Waals surface area (Å²) < 4.78 is 9.68. The third kappa shape index (κ3) is 1.39. The van der Waals surface area contributed by atoms with E-state index in [1.807, 2.05) is 0 Å². The van der Waals surface area contributed by atoms with Crippen molar-refractivity contribution in [2.24, 2.45) is 0 Å². The molecule has 0 saturated carbocycles. The summed E-state index contributed by atoms with van der Waals surface area (Å²) in [4.78, 5) is 3.91. The van der Waals surface area contributed by atoms with Crippen molar-refractivity contribution >= 4 is 0 Å². The molecule has 0 fully saturated rings. The van der Waals surface area contributed by atoms with Gasteiger partial charge < -0.3 is 4.42 Å². The predicted octanol–water partition coefficient (Wildman–Crippen LogP) is -0.0284. The van der Waals surface area contributed by atoms with Crippen molar-refractivity contribution in [2.45, 2.75) is 0 Å². The highest BCUT2D eigenvalue weighted by molar-refractivity contribution is 5.46. The van der Waals surface area contributed by atoms with Gasteiger partial charge in [0.1, 0.15) is 6.20 Å². The fourth-order valence-electron chi connectivity index (χ4n) is 1.02. The van der Waals surface area contributed by atoms with E-state index in [0.29, 0.717) is 5.69 Å². The zero-order chi connectivity index (χ0) is 10.8. The van der Waals surface area contributed by atoms with Crippen LogP contribution in [0.15, 0.2) is 27.6 Å². The summed E-state index contributed by atoms with van der Waals surface area (Å²) in [6.07, 6.45) is 4.29. The summed E-state index contributed by atoms with van der Waals surface area (Å²) >= 11 is 0. The van der Waals surface area contributed by atoms with E-state index in [1.54, 1.807) is 0 Å². The number of rotatable bonds is 2. The molecule has 3 heterocycles. The van der Waals surface area contributed by atoms with Crippen LogP contribution < -0.4 is 0 Å². The van der Waals surface area contributed by atoms with Gasteiger partial charge in [-0.1, -0.05) is 5.16 Å². The lowest BCUT2D eigenvalue weighted by molar-refractivity contribution is 0.307. The topological polar surface area (TPSA) is 117 Å². The van der Waals surface area contributed by atoms with E-state index in [2.05, 4.69) is 40.3 Å². The van der Waals surface area contributed by atoms with E-state index >= 15 is 0 Å². The Morgan fingerprint density at radius 2 is 1.94 bits per heavy atom. The van der Waals surface area contributed by atoms with Gasteiger partial charge in [0, 0.05) is 6.20 Å². The molecule has 0 amide bonds. The molecule has 0 aliphatic carbocycles. The van der Waals surface area contributed by atoms with Gasteiger partial charge in [0.2, 0.25) is 5.82 Å². The van der Waals surface area contributed by atoms with Crippen molar-refractivity contribution in [1.82, 2.24) is 35.7 Å². The minimum Gasteiger partial charge on any atom is -0.412 e. The fourth-order valence-corrected chi connectivity index (χ4v) is 1.02. The zero-order valence-corrected chi connectivity index (χ0v) is 7.68. The molecule has 16 heavy (non-hydrogen) atoms. The minimum atomic E-state index is 0.158. The molecule has 0 radical (unpaired) electrons. The Bertz CT molecular complexity index is 576. The largest absolute Gasteiger partial charge is 0.412 e. The van der Waals surface area contributed by atoms with E-state index in [4.69, 9.17) is 4.42 Å². The molecule has 0 aliphatic heterocycles. The Labute approximate surface area is 87.5 Å². The molecule has 3 rings (SSSR count). The van der Waals surface area contributed by atoms with Crippen molar-refractivity contribution in [3.63, 3.8) is 0 Å². The normalized spacial score (nSPS) is 10.5. The first-order valence-corrected chi connectivity index (χ1v) is 4.19. The van der Waals surface area contributed by atoms with Crippen molar-refractivity contribution in [2.75, 3.05) is 0 Å². The molecule has 0 unspecified atom stereocenters. The zero-order valence-electron chi connectivity index (χ0n) is 7.68. The van der Waals surface area contributed by atoms with Gasteiger partial charge in [0.25, 0.3) is 11.8 Å². The van der Waals surface area contributed by atoms with Crippen LogP contribution in [0.5, 0.6) is 0 Å². The molecule has 3 aromatic heterocycles. The van der Waals surface area contributed by atoms with Gasteiger partial charge in [-0.05, 0) is 5.16 Å². The van der Waals surface area contributed by atoms with E-state index in [1.165, 1.54) is 18.6 Å². The minimum absolute atomic E-state index is 0.158. The lowest BCUT2D eigenvalue weighted by Crippen LogP contribution is -1.89. The average Bonchev–Trinajstić information content (AvgIpc) is 3.01. The van der Waals surface area contributed by atoms with Crippen LogP contribution in [0, 0.1) is 0 Å². The monoisotopic (exact) mass is 217 g/mol. The Balaban J connectivity index is 2.00. The smallest absolute Gasteiger partial charge is 0.287 e. The highest BCUT2D eigenvalue weighted by Crippen LogP contribution is 2.18. The lowest BCUT2D eigenvalue weighted by Gasteiger charge is -1.87. The first-order valence-electron chi connectivity index (χ1n) is 4.19. The average molecular weight is 217 g/mol. The van der Waals surface area contributed by atoms with Crippen LogP contribution in [0.3, 0.4) is 0 Å². The standard InChI is InChI=1S/C7H3N7O2/c1-2-9-11-5(8-1)7-13-12-6(15-7)4-3-10-16-14-4/h1-3H. The van der Waals surface area contributed by atoms with Gasteiger partial charge in [-0.3, -0.25) is 0 Å². The second-order valence-corrected chi connectivity index (χ2v) is 2.67. The van der Waals surface area contributed by atoms with Crippen LogP contribution >= 0.6 is 0 Å². The molecule has 0 aromatic carbocycles. The molecule has 0 spiro atoms. The molecule has 9 nitrogen and oxygen atoms in total. The van der Waals surface area contributed by atoms with Crippen LogP contribution in [-0.2, 0) is 0 Å². The fraction of sp³-hybridized carbons (Fsp3) is 0. The van der Waals surface area contributed by atoms with Crippen LogP contribution in [-0.4, -0.2) is 35.7 Å². The van der Waals surface area contributed by atoms with E-state index in [0.717, 1.165) is 0 Å². The number of aromatic nitrogens is 7. The molecule has 0 bridgehead atoms. The van der Waals surface area contributed by atoms with E-state index < -0.39 is 0 Å². The predicted molar refractivity (Wildman–Crippen MR) is 46.4 cm³/mol. The van der Waals surface area contributed by atoms with Crippen LogP contribution in [0.4, 0.5) is 0 Å². The Hall–Kier alpha value is -2.71. The highest BCUT2D eigenvalue weighted by atomic mass is 16.6. The highest BCUT2D eigenvalue weighted by Gasteiger charge is 2.14. The molecule has 3 aromatic rings. The van der Waals surface area contributed by atoms with Crippen molar-refractivity contribution in [3.8, 4) is 23.3 Å². The number of hydrogen-bond donors (Lipinski definition) is 0. The van der Waals surface area contributed by atoms with E-state index in [-0.39, 0.29) is 17.6 Å². The van der Waals surface area contributed by atoms with Crippen molar-refractivity contribution in [1.29, 1.82) is 0 Å². The maximum atomic E-state index is 5.26. The Morgan fingerprint density at radius 1 is 1.00 bits per heavy atom. The van der Waals surface area contributed by atoms with Gasteiger partial charge >= 0.3 is 0 Å². The molecule has 0 N–H and O–H groups in total. The molecule has 78 valence electrons. The molecule has 0 atom stereocenters. The quantitative estimate of drug-likeness (QED) is 0.583. The third-order valence-electron chi connectivity index (χ3n) is 1.68. The Kier molecular flexibility index (Phi) is 1.85. The van der Waals surface area contributed by atoms with Gasteiger partial charge in [-0.15, -0.1) is 15.3 Å². The summed E-state index contributed by atoms with van der Waals surface area (Å²) in [7, 11) is 0. The summed E-state index contributed by atoms with van der Waals surface area (Å²) in [5.74, 6) is 0.590. The van der Waals surface area contributed by atoms with Crippen molar-refractivity contribution in [3.05, 3.63) is 18.6 Å². The van der Waals surface area contributed by atoms with Crippen LogP contribution in [0.2, 0.25) is 0 Å². The SMILES string of the molecule is c1cnc(-c2nnc(-c3cnon3)o2)nn1. The molecular weight excluding hydrogens is 214 g/mol. The number of nitrogens with zero attached hydrogens (tertiary/aromatic N) is 7. The molecular formula is C7H3N7O2. The molecule has 0 aliphatic rings. The third-order valence-corrected chi connectivity index (χ3v) is 1.68.